The Morgan fingerprint density at radius 1 is 1.36 bits per heavy atom. The number of halogens is 1. The van der Waals surface area contributed by atoms with Crippen LogP contribution in [0.25, 0.3) is 0 Å². The van der Waals surface area contributed by atoms with E-state index < -0.39 is 10.0 Å². The fraction of sp³-hybridized carbons (Fsp3) is 0.312. The van der Waals surface area contributed by atoms with Crippen LogP contribution in [-0.2, 0) is 20.6 Å². The predicted octanol–water partition coefficient (Wildman–Crippen LogP) is 3.44. The molecule has 1 heterocycles. The number of sulfonamides is 1. The molecule has 1 aromatic carbocycles. The number of rotatable bonds is 7. The Bertz CT molecular complexity index is 836. The van der Waals surface area contributed by atoms with E-state index in [9.17, 15) is 13.2 Å². The van der Waals surface area contributed by atoms with Crippen molar-refractivity contribution in [1.29, 1.82) is 0 Å². The molecule has 1 aromatic heterocycles. The number of nitrogens with one attached hydrogen (secondary N) is 1. The van der Waals surface area contributed by atoms with E-state index >= 15 is 0 Å². The Kier molecular flexibility index (Phi) is 6.56. The lowest BCUT2D eigenvalue weighted by molar-refractivity contribution is -0.115. The molecule has 0 fully saturated rings. The average Bonchev–Trinajstić information content (AvgIpc) is 3.07. The number of nitrogens with zero attached hydrogens (tertiary/aromatic N) is 1. The molecule has 2 aromatic rings. The maximum Gasteiger partial charge on any atom is 0.244 e. The van der Waals surface area contributed by atoms with Crippen LogP contribution >= 0.6 is 23.4 Å². The first-order valence-corrected chi connectivity index (χ1v) is 10.3. The van der Waals surface area contributed by atoms with E-state index in [1.165, 1.54) is 38.0 Å². The van der Waals surface area contributed by atoms with E-state index in [2.05, 4.69) is 5.32 Å². The molecule has 0 aliphatic carbocycles. The molecule has 9 heteroatoms. The normalized spacial score (nSPS) is 13.0. The summed E-state index contributed by atoms with van der Waals surface area (Å²) in [7, 11) is -0.852. The fourth-order valence-corrected chi connectivity index (χ4v) is 4.08. The molecule has 1 amide bonds. The Hall–Kier alpha value is -1.48. The van der Waals surface area contributed by atoms with Crippen molar-refractivity contribution >= 4 is 45.0 Å². The monoisotopic (exact) mass is 402 g/mol. The Morgan fingerprint density at radius 3 is 2.68 bits per heavy atom. The molecule has 1 N–H and O–H groups in total. The molecule has 1 unspecified atom stereocenters. The third kappa shape index (κ3) is 5.01. The number of benzene rings is 1. The molecule has 6 nitrogen and oxygen atoms in total. The van der Waals surface area contributed by atoms with E-state index in [1.54, 1.807) is 25.3 Å². The Balaban J connectivity index is 2.08. The molecule has 136 valence electrons. The number of furan rings is 1. The molecule has 0 saturated heterocycles. The maximum absolute atomic E-state index is 12.3. The first-order chi connectivity index (χ1) is 11.7. The fourth-order valence-electron chi connectivity index (χ4n) is 1.90. The van der Waals surface area contributed by atoms with Crippen LogP contribution in [0.3, 0.4) is 0 Å². The largest absolute Gasteiger partial charge is 0.468 e. The van der Waals surface area contributed by atoms with Crippen molar-refractivity contribution in [1.82, 2.24) is 4.31 Å². The van der Waals surface area contributed by atoms with Crippen molar-refractivity contribution < 1.29 is 17.6 Å². The summed E-state index contributed by atoms with van der Waals surface area (Å²) in [5.41, 5.74) is 0.375. The summed E-state index contributed by atoms with van der Waals surface area (Å²) in [4.78, 5) is 12.2. The van der Waals surface area contributed by atoms with Gasteiger partial charge in [-0.15, -0.1) is 11.8 Å². The first-order valence-electron chi connectivity index (χ1n) is 7.38. The third-order valence-corrected chi connectivity index (χ3v) is 6.84. The molecule has 0 radical (unpaired) electrons. The minimum absolute atomic E-state index is 0.0483. The van der Waals surface area contributed by atoms with E-state index in [1.807, 2.05) is 6.07 Å². The molecular weight excluding hydrogens is 384 g/mol. The van der Waals surface area contributed by atoms with Crippen molar-refractivity contribution in [2.75, 3.05) is 19.4 Å². The number of hydrogen-bond donors (Lipinski definition) is 1. The number of anilines is 1. The zero-order valence-electron chi connectivity index (χ0n) is 14.0. The Morgan fingerprint density at radius 2 is 2.08 bits per heavy atom. The number of carbonyl (C=O) groups is 1. The number of thioether (sulfide) groups is 1. The average molecular weight is 403 g/mol. The number of hydrogen-bond acceptors (Lipinski definition) is 5. The number of carbonyl (C=O) groups excluding carboxylic acids is 1. The van der Waals surface area contributed by atoms with E-state index in [0.29, 0.717) is 11.4 Å². The van der Waals surface area contributed by atoms with Crippen molar-refractivity contribution in [2.45, 2.75) is 22.8 Å². The van der Waals surface area contributed by atoms with Gasteiger partial charge < -0.3 is 9.73 Å². The molecule has 0 spiro atoms. The van der Waals surface area contributed by atoms with Gasteiger partial charge in [0, 0.05) is 19.8 Å². The highest BCUT2D eigenvalue weighted by molar-refractivity contribution is 7.99. The topological polar surface area (TPSA) is 79.6 Å². The molecule has 2 rings (SSSR count). The smallest absolute Gasteiger partial charge is 0.244 e. The molecule has 25 heavy (non-hydrogen) atoms. The van der Waals surface area contributed by atoms with Gasteiger partial charge in [-0.1, -0.05) is 11.6 Å². The summed E-state index contributed by atoms with van der Waals surface area (Å²) in [6.45, 7) is 1.77. The lowest BCUT2D eigenvalue weighted by Crippen LogP contribution is -2.24. The van der Waals surface area contributed by atoms with Crippen molar-refractivity contribution in [2.24, 2.45) is 0 Å². The molecular formula is C16H19ClN2O4S2. The molecule has 0 aliphatic heterocycles. The van der Waals surface area contributed by atoms with E-state index in [-0.39, 0.29) is 21.1 Å². The molecule has 0 aliphatic rings. The van der Waals surface area contributed by atoms with Crippen LogP contribution < -0.4 is 5.32 Å². The van der Waals surface area contributed by atoms with E-state index in [0.717, 1.165) is 10.1 Å². The first kappa shape index (κ1) is 19.8. The quantitative estimate of drug-likeness (QED) is 0.767. The van der Waals surface area contributed by atoms with Gasteiger partial charge in [0.2, 0.25) is 15.9 Å². The zero-order valence-corrected chi connectivity index (χ0v) is 16.4. The highest BCUT2D eigenvalue weighted by Gasteiger charge is 2.22. The lowest BCUT2D eigenvalue weighted by Gasteiger charge is -2.15. The van der Waals surface area contributed by atoms with Crippen LogP contribution in [0.2, 0.25) is 5.02 Å². The summed E-state index contributed by atoms with van der Waals surface area (Å²) >= 11 is 7.42. The summed E-state index contributed by atoms with van der Waals surface area (Å²) in [5.74, 6) is 1.13. The van der Waals surface area contributed by atoms with Crippen LogP contribution in [0.4, 0.5) is 5.69 Å². The van der Waals surface area contributed by atoms with Gasteiger partial charge in [0.25, 0.3) is 0 Å². The van der Waals surface area contributed by atoms with Gasteiger partial charge in [-0.05, 0) is 37.3 Å². The van der Waals surface area contributed by atoms with Crippen LogP contribution in [0.1, 0.15) is 12.7 Å². The lowest BCUT2D eigenvalue weighted by atomic mass is 10.3. The molecule has 0 saturated carbocycles. The van der Waals surface area contributed by atoms with Crippen molar-refractivity contribution in [3.8, 4) is 0 Å². The van der Waals surface area contributed by atoms with E-state index in [4.69, 9.17) is 16.0 Å². The van der Waals surface area contributed by atoms with Crippen LogP contribution in [0.15, 0.2) is 45.9 Å². The highest BCUT2D eigenvalue weighted by atomic mass is 35.5. The van der Waals surface area contributed by atoms with Gasteiger partial charge in [0.1, 0.15) is 10.7 Å². The molecule has 0 bridgehead atoms. The van der Waals surface area contributed by atoms with Gasteiger partial charge >= 0.3 is 0 Å². The van der Waals surface area contributed by atoms with Gasteiger partial charge in [0.15, 0.2) is 0 Å². The maximum atomic E-state index is 12.3. The second-order valence-corrected chi connectivity index (χ2v) is 9.31. The summed E-state index contributed by atoms with van der Waals surface area (Å²) in [6.07, 6.45) is 1.58. The highest BCUT2D eigenvalue weighted by Crippen LogP contribution is 2.27. The minimum atomic E-state index is -3.69. The standard InChI is InChI=1S/C16H19ClN2O4S2/c1-11(24-10-13-5-4-8-23-13)16(20)18-12-6-7-14(17)15(9-12)25(21,22)19(2)3/h4-9,11H,10H2,1-3H3,(H,18,20). The summed E-state index contributed by atoms with van der Waals surface area (Å²) in [6, 6.07) is 8.02. The van der Waals surface area contributed by atoms with Crippen LogP contribution in [-0.4, -0.2) is 38.0 Å². The second kappa shape index (κ2) is 8.27. The third-order valence-electron chi connectivity index (χ3n) is 3.38. The predicted molar refractivity (Wildman–Crippen MR) is 100 cm³/mol. The number of amides is 1. The SMILES string of the molecule is CC(SCc1ccco1)C(=O)Nc1ccc(Cl)c(S(=O)(=O)N(C)C)c1. The van der Waals surface area contributed by atoms with Gasteiger partial charge in [0.05, 0.1) is 22.3 Å². The summed E-state index contributed by atoms with van der Waals surface area (Å²) < 4.78 is 30.8. The Labute approximate surface area is 156 Å². The van der Waals surface area contributed by atoms with Gasteiger partial charge in [-0.2, -0.15) is 0 Å². The minimum Gasteiger partial charge on any atom is -0.468 e. The van der Waals surface area contributed by atoms with Gasteiger partial charge in [-0.3, -0.25) is 4.79 Å². The molecule has 1 atom stereocenters. The van der Waals surface area contributed by atoms with Crippen molar-refractivity contribution in [3.05, 3.63) is 47.4 Å². The van der Waals surface area contributed by atoms with Crippen LogP contribution in [0, 0.1) is 0 Å². The zero-order chi connectivity index (χ0) is 18.6. The van der Waals surface area contributed by atoms with Gasteiger partial charge in [-0.25, -0.2) is 12.7 Å². The van der Waals surface area contributed by atoms with Crippen LogP contribution in [0.5, 0.6) is 0 Å². The second-order valence-electron chi connectivity index (χ2n) is 5.45. The summed E-state index contributed by atoms with van der Waals surface area (Å²) in [5, 5.41) is 2.48. The van der Waals surface area contributed by atoms with Crippen molar-refractivity contribution in [3.63, 3.8) is 0 Å².